The fourth-order valence-corrected chi connectivity index (χ4v) is 4.30. The number of hydrogen-bond acceptors (Lipinski definition) is 5. The normalized spacial score (nSPS) is 16.9. The number of nitrogens with one attached hydrogen (secondary N) is 2. The topological polar surface area (TPSA) is 55.8 Å². The third-order valence-electron chi connectivity index (χ3n) is 5.33. The summed E-state index contributed by atoms with van der Waals surface area (Å²) in [4.78, 5) is 15.2. The number of guanidine groups is 1. The Morgan fingerprint density at radius 1 is 1.14 bits per heavy atom. The summed E-state index contributed by atoms with van der Waals surface area (Å²) in [6, 6.07) is 11.2. The zero-order chi connectivity index (χ0) is 19.9. The third kappa shape index (κ3) is 5.45. The first-order chi connectivity index (χ1) is 13.6. The highest BCUT2D eigenvalue weighted by molar-refractivity contribution is 7.11. The van der Waals surface area contributed by atoms with Gasteiger partial charge in [0.05, 0.1) is 12.2 Å². The molecule has 0 saturated carbocycles. The lowest BCUT2D eigenvalue weighted by atomic mass is 10.2. The first-order valence-corrected chi connectivity index (χ1v) is 10.8. The van der Waals surface area contributed by atoms with E-state index in [9.17, 15) is 0 Å². The molecule has 1 aromatic carbocycles. The molecular formula is C21H32N6S. The molecular weight excluding hydrogens is 368 g/mol. The molecule has 3 rings (SSSR count). The Hall–Kier alpha value is -2.12. The Balaban J connectivity index is 1.41. The molecule has 0 bridgehead atoms. The van der Waals surface area contributed by atoms with Crippen LogP contribution in [0, 0.1) is 13.8 Å². The highest BCUT2D eigenvalue weighted by Gasteiger charge is 2.21. The van der Waals surface area contributed by atoms with Crippen LogP contribution < -0.4 is 15.5 Å². The quantitative estimate of drug-likeness (QED) is 0.577. The zero-order valence-corrected chi connectivity index (χ0v) is 18.2. The van der Waals surface area contributed by atoms with Gasteiger partial charge in [-0.2, -0.15) is 0 Å². The van der Waals surface area contributed by atoms with E-state index in [1.165, 1.54) is 10.6 Å². The fourth-order valence-electron chi connectivity index (χ4n) is 3.43. The molecule has 2 heterocycles. The Morgan fingerprint density at radius 3 is 2.46 bits per heavy atom. The largest absolute Gasteiger partial charge is 0.369 e. The van der Waals surface area contributed by atoms with Crippen molar-refractivity contribution >= 4 is 23.0 Å². The van der Waals surface area contributed by atoms with Crippen molar-refractivity contribution in [3.8, 4) is 0 Å². The number of piperazine rings is 1. The van der Waals surface area contributed by atoms with Crippen molar-refractivity contribution in [2.24, 2.45) is 4.99 Å². The van der Waals surface area contributed by atoms with Gasteiger partial charge < -0.3 is 15.5 Å². The van der Waals surface area contributed by atoms with E-state index in [1.807, 2.05) is 7.05 Å². The lowest BCUT2D eigenvalue weighted by molar-refractivity contribution is 0.197. The van der Waals surface area contributed by atoms with E-state index >= 15 is 0 Å². The molecule has 28 heavy (non-hydrogen) atoms. The first kappa shape index (κ1) is 20.6. The Morgan fingerprint density at radius 2 is 1.86 bits per heavy atom. The maximum absolute atomic E-state index is 4.58. The minimum absolute atomic E-state index is 0.459. The smallest absolute Gasteiger partial charge is 0.191 e. The molecule has 1 fully saturated rings. The summed E-state index contributed by atoms with van der Waals surface area (Å²) < 4.78 is 0. The van der Waals surface area contributed by atoms with Crippen molar-refractivity contribution < 1.29 is 0 Å². The molecule has 1 atom stereocenters. The minimum atomic E-state index is 0.459. The number of aliphatic imine (C=N–C) groups is 1. The van der Waals surface area contributed by atoms with Crippen LogP contribution in [0.5, 0.6) is 0 Å². The number of aromatic nitrogens is 1. The van der Waals surface area contributed by atoms with E-state index in [4.69, 9.17) is 0 Å². The molecule has 1 aromatic heterocycles. The molecule has 1 saturated heterocycles. The number of rotatable bonds is 6. The Bertz CT molecular complexity index is 745. The van der Waals surface area contributed by atoms with Crippen molar-refractivity contribution in [1.82, 2.24) is 20.5 Å². The monoisotopic (exact) mass is 400 g/mol. The van der Waals surface area contributed by atoms with Gasteiger partial charge in [-0.15, -0.1) is 11.3 Å². The minimum Gasteiger partial charge on any atom is -0.369 e. The van der Waals surface area contributed by atoms with E-state index < -0.39 is 0 Å². The molecule has 6 nitrogen and oxygen atoms in total. The van der Waals surface area contributed by atoms with Crippen molar-refractivity contribution in [2.75, 3.05) is 44.7 Å². The average Bonchev–Trinajstić information content (AvgIpc) is 3.06. The summed E-state index contributed by atoms with van der Waals surface area (Å²) in [5.74, 6) is 0.834. The number of aryl methyl sites for hydroxylation is 2. The van der Waals surface area contributed by atoms with Crippen LogP contribution in [-0.4, -0.2) is 61.7 Å². The first-order valence-electron chi connectivity index (χ1n) is 9.98. The molecule has 0 spiro atoms. The molecule has 0 amide bonds. The van der Waals surface area contributed by atoms with Crippen LogP contribution in [0.25, 0.3) is 0 Å². The molecule has 1 aliphatic heterocycles. The number of nitrogens with zero attached hydrogens (tertiary/aromatic N) is 4. The Kier molecular flexibility index (Phi) is 7.28. The molecule has 1 aliphatic rings. The summed E-state index contributed by atoms with van der Waals surface area (Å²) in [5, 5.41) is 7.93. The summed E-state index contributed by atoms with van der Waals surface area (Å²) >= 11 is 1.74. The lowest BCUT2D eigenvalue weighted by Gasteiger charge is -2.39. The van der Waals surface area contributed by atoms with Crippen molar-refractivity contribution in [3.63, 3.8) is 0 Å². The van der Waals surface area contributed by atoms with Gasteiger partial charge in [0, 0.05) is 56.4 Å². The van der Waals surface area contributed by atoms with Crippen molar-refractivity contribution in [1.29, 1.82) is 0 Å². The van der Waals surface area contributed by atoms with Gasteiger partial charge in [0.1, 0.15) is 5.01 Å². The molecule has 2 N–H and O–H groups in total. The molecule has 152 valence electrons. The molecule has 1 unspecified atom stereocenters. The Labute approximate surface area is 172 Å². The van der Waals surface area contributed by atoms with Gasteiger partial charge in [-0.05, 0) is 32.9 Å². The number of para-hydroxylation sites is 1. The predicted molar refractivity (Wildman–Crippen MR) is 119 cm³/mol. The third-order valence-corrected chi connectivity index (χ3v) is 6.40. The van der Waals surface area contributed by atoms with Gasteiger partial charge in [-0.1, -0.05) is 18.2 Å². The number of anilines is 1. The fraction of sp³-hybridized carbons (Fsp3) is 0.524. The number of thiazole rings is 1. The molecule has 0 aliphatic carbocycles. The maximum Gasteiger partial charge on any atom is 0.191 e. The highest BCUT2D eigenvalue weighted by Crippen LogP contribution is 2.17. The summed E-state index contributed by atoms with van der Waals surface area (Å²) in [7, 11) is 1.82. The second-order valence-electron chi connectivity index (χ2n) is 7.26. The molecule has 7 heteroatoms. The van der Waals surface area contributed by atoms with E-state index in [0.717, 1.165) is 49.4 Å². The van der Waals surface area contributed by atoms with E-state index in [1.54, 1.807) is 11.3 Å². The van der Waals surface area contributed by atoms with Crippen LogP contribution in [0.2, 0.25) is 0 Å². The summed E-state index contributed by atoms with van der Waals surface area (Å²) in [5.41, 5.74) is 2.44. The van der Waals surface area contributed by atoms with Crippen LogP contribution in [-0.2, 0) is 6.54 Å². The van der Waals surface area contributed by atoms with Gasteiger partial charge in [0.2, 0.25) is 0 Å². The number of hydrogen-bond donors (Lipinski definition) is 2. The standard InChI is InChI=1S/C21H32N6S/c1-16(26-10-12-27(13-11-26)19-8-6-5-7-9-19)14-23-21(22-4)24-15-20-25-17(2)18(3)28-20/h5-9,16H,10-15H2,1-4H3,(H2,22,23,24). The van der Waals surface area contributed by atoms with Crippen molar-refractivity contribution in [2.45, 2.75) is 33.4 Å². The highest BCUT2D eigenvalue weighted by atomic mass is 32.1. The predicted octanol–water partition coefficient (Wildman–Crippen LogP) is 2.64. The van der Waals surface area contributed by atoms with Crippen molar-refractivity contribution in [3.05, 3.63) is 45.9 Å². The van der Waals surface area contributed by atoms with E-state index in [2.05, 4.69) is 81.5 Å². The van der Waals surface area contributed by atoms with Gasteiger partial charge in [0.15, 0.2) is 5.96 Å². The van der Waals surface area contributed by atoms with E-state index in [-0.39, 0.29) is 0 Å². The SMILES string of the molecule is CN=C(NCc1nc(C)c(C)s1)NCC(C)N1CCN(c2ccccc2)CC1. The summed E-state index contributed by atoms with van der Waals surface area (Å²) in [6.45, 7) is 12.4. The van der Waals surface area contributed by atoms with Crippen LogP contribution in [0.4, 0.5) is 5.69 Å². The zero-order valence-electron chi connectivity index (χ0n) is 17.4. The van der Waals surface area contributed by atoms with E-state index in [0.29, 0.717) is 12.6 Å². The molecule has 2 aromatic rings. The van der Waals surface area contributed by atoms with Crippen LogP contribution in [0.3, 0.4) is 0 Å². The maximum atomic E-state index is 4.58. The van der Waals surface area contributed by atoms with Gasteiger partial charge in [0.25, 0.3) is 0 Å². The number of benzene rings is 1. The lowest BCUT2D eigenvalue weighted by Crippen LogP contribution is -2.53. The summed E-state index contributed by atoms with van der Waals surface area (Å²) in [6.07, 6.45) is 0. The second-order valence-corrected chi connectivity index (χ2v) is 8.55. The van der Waals surface area contributed by atoms with Gasteiger partial charge in [-0.25, -0.2) is 4.98 Å². The van der Waals surface area contributed by atoms with Crippen LogP contribution in [0.15, 0.2) is 35.3 Å². The van der Waals surface area contributed by atoms with Gasteiger partial charge >= 0.3 is 0 Å². The second kappa shape index (κ2) is 9.89. The van der Waals surface area contributed by atoms with Gasteiger partial charge in [-0.3, -0.25) is 9.89 Å². The van der Waals surface area contributed by atoms with Crippen LogP contribution in [0.1, 0.15) is 22.5 Å². The average molecular weight is 401 g/mol. The molecule has 0 radical (unpaired) electrons. The van der Waals surface area contributed by atoms with Crippen LogP contribution >= 0.6 is 11.3 Å².